The standard InChI is InChI=1S/C12H17NO/c1-3-5-7-11(13-9-4-2)12-8-6-10-14-12/h1,6,8,10-11,13H,4-5,7,9H2,2H3. The summed E-state index contributed by atoms with van der Waals surface area (Å²) in [5.74, 6) is 3.64. The van der Waals surface area contributed by atoms with Crippen LogP contribution in [0.4, 0.5) is 0 Å². The maximum atomic E-state index is 5.36. The number of hydrogen-bond donors (Lipinski definition) is 1. The van der Waals surface area contributed by atoms with Crippen molar-refractivity contribution in [3.8, 4) is 12.3 Å². The molecular formula is C12H17NO. The van der Waals surface area contributed by atoms with E-state index < -0.39 is 0 Å². The number of terminal acetylenes is 1. The molecule has 0 aliphatic rings. The smallest absolute Gasteiger partial charge is 0.120 e. The molecule has 1 heterocycles. The Balaban J connectivity index is 2.49. The minimum Gasteiger partial charge on any atom is -0.468 e. The van der Waals surface area contributed by atoms with E-state index in [1.807, 2.05) is 12.1 Å². The van der Waals surface area contributed by atoms with E-state index in [9.17, 15) is 0 Å². The Kier molecular flexibility index (Phi) is 4.88. The second-order valence-corrected chi connectivity index (χ2v) is 3.26. The summed E-state index contributed by atoms with van der Waals surface area (Å²) in [4.78, 5) is 0. The first-order valence-electron chi connectivity index (χ1n) is 5.08. The molecule has 0 aromatic carbocycles. The summed E-state index contributed by atoms with van der Waals surface area (Å²) in [6.07, 6.45) is 9.78. The summed E-state index contributed by atoms with van der Waals surface area (Å²) in [5, 5.41) is 3.42. The van der Waals surface area contributed by atoms with Crippen LogP contribution in [0.25, 0.3) is 0 Å². The molecule has 0 saturated carbocycles. The molecule has 0 fully saturated rings. The van der Waals surface area contributed by atoms with Gasteiger partial charge in [0.2, 0.25) is 0 Å². The van der Waals surface area contributed by atoms with Crippen LogP contribution in [0.2, 0.25) is 0 Å². The van der Waals surface area contributed by atoms with Crippen molar-refractivity contribution in [3.05, 3.63) is 24.2 Å². The fraction of sp³-hybridized carbons (Fsp3) is 0.500. The highest BCUT2D eigenvalue weighted by Crippen LogP contribution is 2.18. The predicted molar refractivity (Wildman–Crippen MR) is 57.8 cm³/mol. The summed E-state index contributed by atoms with van der Waals surface area (Å²) in [6, 6.07) is 4.16. The van der Waals surface area contributed by atoms with Crippen molar-refractivity contribution in [1.29, 1.82) is 0 Å². The quantitative estimate of drug-likeness (QED) is 0.699. The lowest BCUT2D eigenvalue weighted by Gasteiger charge is -2.14. The minimum absolute atomic E-state index is 0.265. The Morgan fingerprint density at radius 2 is 2.50 bits per heavy atom. The van der Waals surface area contributed by atoms with Gasteiger partial charge in [-0.05, 0) is 31.5 Å². The van der Waals surface area contributed by atoms with Gasteiger partial charge in [-0.3, -0.25) is 0 Å². The van der Waals surface area contributed by atoms with Crippen molar-refractivity contribution in [2.45, 2.75) is 32.2 Å². The van der Waals surface area contributed by atoms with E-state index in [1.165, 1.54) is 0 Å². The Morgan fingerprint density at radius 3 is 3.07 bits per heavy atom. The first-order valence-corrected chi connectivity index (χ1v) is 5.08. The molecule has 1 N–H and O–H groups in total. The van der Waals surface area contributed by atoms with Gasteiger partial charge in [-0.15, -0.1) is 12.3 Å². The van der Waals surface area contributed by atoms with Gasteiger partial charge in [0.25, 0.3) is 0 Å². The molecule has 0 radical (unpaired) electrons. The molecule has 1 aromatic rings. The number of nitrogens with one attached hydrogen (secondary N) is 1. The molecule has 1 atom stereocenters. The second kappa shape index (κ2) is 6.28. The van der Waals surface area contributed by atoms with Gasteiger partial charge in [0.1, 0.15) is 5.76 Å². The second-order valence-electron chi connectivity index (χ2n) is 3.26. The molecule has 0 aliphatic carbocycles. The van der Waals surface area contributed by atoms with Gasteiger partial charge in [-0.2, -0.15) is 0 Å². The van der Waals surface area contributed by atoms with E-state index in [4.69, 9.17) is 10.8 Å². The lowest BCUT2D eigenvalue weighted by molar-refractivity contribution is 0.399. The molecule has 2 nitrogen and oxygen atoms in total. The molecule has 0 amide bonds. The maximum Gasteiger partial charge on any atom is 0.120 e. The average molecular weight is 191 g/mol. The molecule has 0 aliphatic heterocycles. The van der Waals surface area contributed by atoms with E-state index in [0.29, 0.717) is 0 Å². The molecule has 2 heteroatoms. The number of rotatable bonds is 6. The van der Waals surface area contributed by atoms with E-state index >= 15 is 0 Å². The summed E-state index contributed by atoms with van der Waals surface area (Å²) in [6.45, 7) is 3.14. The van der Waals surface area contributed by atoms with Crippen LogP contribution in [0.3, 0.4) is 0 Å². The van der Waals surface area contributed by atoms with Crippen LogP contribution in [-0.4, -0.2) is 6.54 Å². The van der Waals surface area contributed by atoms with Gasteiger partial charge in [-0.25, -0.2) is 0 Å². The summed E-state index contributed by atoms with van der Waals surface area (Å²) in [7, 11) is 0. The highest BCUT2D eigenvalue weighted by atomic mass is 16.3. The zero-order valence-corrected chi connectivity index (χ0v) is 8.62. The largest absolute Gasteiger partial charge is 0.468 e. The number of furan rings is 1. The molecule has 14 heavy (non-hydrogen) atoms. The van der Waals surface area contributed by atoms with Gasteiger partial charge in [0.05, 0.1) is 12.3 Å². The molecule has 1 rings (SSSR count). The first kappa shape index (κ1) is 10.9. The fourth-order valence-corrected chi connectivity index (χ4v) is 1.38. The van der Waals surface area contributed by atoms with Crippen LogP contribution in [0.15, 0.2) is 22.8 Å². The maximum absolute atomic E-state index is 5.36. The number of hydrogen-bond acceptors (Lipinski definition) is 2. The van der Waals surface area contributed by atoms with Crippen LogP contribution in [0.5, 0.6) is 0 Å². The van der Waals surface area contributed by atoms with Gasteiger partial charge in [0.15, 0.2) is 0 Å². The predicted octanol–water partition coefficient (Wildman–Crippen LogP) is 2.73. The first-order chi connectivity index (χ1) is 6.88. The lowest BCUT2D eigenvalue weighted by Crippen LogP contribution is -2.21. The van der Waals surface area contributed by atoms with E-state index in [0.717, 1.165) is 31.6 Å². The molecule has 0 spiro atoms. The summed E-state index contributed by atoms with van der Waals surface area (Å²) in [5.41, 5.74) is 0. The molecular weight excluding hydrogens is 174 g/mol. The minimum atomic E-state index is 0.265. The Bertz CT molecular complexity index is 271. The molecule has 1 unspecified atom stereocenters. The van der Waals surface area contributed by atoms with Crippen molar-refractivity contribution in [3.63, 3.8) is 0 Å². The zero-order valence-electron chi connectivity index (χ0n) is 8.62. The normalized spacial score (nSPS) is 12.3. The molecule has 0 saturated heterocycles. The van der Waals surface area contributed by atoms with Gasteiger partial charge in [0, 0.05) is 6.42 Å². The van der Waals surface area contributed by atoms with E-state index in [-0.39, 0.29) is 6.04 Å². The monoisotopic (exact) mass is 191 g/mol. The van der Waals surface area contributed by atoms with Crippen LogP contribution in [0.1, 0.15) is 38.0 Å². The van der Waals surface area contributed by atoms with E-state index in [2.05, 4.69) is 18.2 Å². The van der Waals surface area contributed by atoms with Crippen molar-refractivity contribution in [2.24, 2.45) is 0 Å². The van der Waals surface area contributed by atoms with Gasteiger partial charge >= 0.3 is 0 Å². The Hall–Kier alpha value is -1.20. The Morgan fingerprint density at radius 1 is 1.64 bits per heavy atom. The highest BCUT2D eigenvalue weighted by molar-refractivity contribution is 5.05. The third-order valence-electron chi connectivity index (χ3n) is 2.10. The van der Waals surface area contributed by atoms with Crippen LogP contribution >= 0.6 is 0 Å². The average Bonchev–Trinajstić information content (AvgIpc) is 2.71. The van der Waals surface area contributed by atoms with Gasteiger partial charge < -0.3 is 9.73 Å². The SMILES string of the molecule is C#CCCC(NCCC)c1ccco1. The van der Waals surface area contributed by atoms with Crippen molar-refractivity contribution in [1.82, 2.24) is 5.32 Å². The molecule has 76 valence electrons. The lowest BCUT2D eigenvalue weighted by atomic mass is 10.1. The fourth-order valence-electron chi connectivity index (χ4n) is 1.38. The van der Waals surface area contributed by atoms with Crippen LogP contribution < -0.4 is 5.32 Å². The zero-order chi connectivity index (χ0) is 10.2. The van der Waals surface area contributed by atoms with Crippen LogP contribution in [-0.2, 0) is 0 Å². The summed E-state index contributed by atoms with van der Waals surface area (Å²) < 4.78 is 5.36. The Labute approximate surface area is 85.7 Å². The molecule has 1 aromatic heterocycles. The topological polar surface area (TPSA) is 25.2 Å². The highest BCUT2D eigenvalue weighted by Gasteiger charge is 2.11. The molecule has 0 bridgehead atoms. The van der Waals surface area contributed by atoms with Crippen molar-refractivity contribution in [2.75, 3.05) is 6.54 Å². The third-order valence-corrected chi connectivity index (χ3v) is 2.10. The van der Waals surface area contributed by atoms with Crippen LogP contribution in [0, 0.1) is 12.3 Å². The van der Waals surface area contributed by atoms with Crippen molar-refractivity contribution < 1.29 is 4.42 Å². The van der Waals surface area contributed by atoms with Crippen molar-refractivity contribution >= 4 is 0 Å². The third kappa shape index (κ3) is 3.27. The van der Waals surface area contributed by atoms with Gasteiger partial charge in [-0.1, -0.05) is 6.92 Å². The van der Waals surface area contributed by atoms with E-state index in [1.54, 1.807) is 6.26 Å². The summed E-state index contributed by atoms with van der Waals surface area (Å²) >= 11 is 0.